The van der Waals surface area contributed by atoms with Crippen molar-refractivity contribution in [3.05, 3.63) is 26.4 Å². The van der Waals surface area contributed by atoms with E-state index < -0.39 is 59.8 Å². The molecular weight excluding hydrogens is 300 g/mol. The largest absolute Gasteiger partial charge is 0.494 e. The number of hydrogen-bond acceptors (Lipinski definition) is 8. The van der Waals surface area contributed by atoms with Gasteiger partial charge in [-0.15, -0.1) is 0 Å². The molecule has 1 saturated heterocycles. The van der Waals surface area contributed by atoms with Gasteiger partial charge in [0.2, 0.25) is 5.88 Å². The van der Waals surface area contributed by atoms with E-state index >= 15 is 0 Å². The molecule has 2 heterocycles. The van der Waals surface area contributed by atoms with Gasteiger partial charge in [0, 0.05) is 14.1 Å². The van der Waals surface area contributed by atoms with E-state index in [9.17, 15) is 30.0 Å². The highest BCUT2D eigenvalue weighted by atomic mass is 16.5. The molecule has 0 spiro atoms. The van der Waals surface area contributed by atoms with Gasteiger partial charge in [-0.05, 0) is 0 Å². The van der Waals surface area contributed by atoms with Gasteiger partial charge in [0.1, 0.15) is 36.1 Å². The van der Waals surface area contributed by atoms with Crippen LogP contribution in [0.25, 0.3) is 0 Å². The van der Waals surface area contributed by atoms with Gasteiger partial charge in [0.05, 0.1) is 6.61 Å². The van der Waals surface area contributed by atoms with Crippen molar-refractivity contribution in [2.45, 2.75) is 30.5 Å². The minimum Gasteiger partial charge on any atom is -0.494 e. The van der Waals surface area contributed by atoms with Gasteiger partial charge in [-0.25, -0.2) is 4.79 Å². The van der Waals surface area contributed by atoms with E-state index in [1.54, 1.807) is 0 Å². The molecule has 5 atom stereocenters. The summed E-state index contributed by atoms with van der Waals surface area (Å²) in [7, 11) is 2.39. The number of aromatic hydroxyl groups is 1. The third kappa shape index (κ3) is 2.34. The van der Waals surface area contributed by atoms with E-state index in [0.29, 0.717) is 4.57 Å². The molecule has 1 fully saturated rings. The van der Waals surface area contributed by atoms with E-state index in [1.807, 2.05) is 0 Å². The summed E-state index contributed by atoms with van der Waals surface area (Å²) in [6.07, 6.45) is -7.76. The van der Waals surface area contributed by atoms with Gasteiger partial charge >= 0.3 is 5.69 Å². The highest BCUT2D eigenvalue weighted by Gasteiger charge is 2.46. The van der Waals surface area contributed by atoms with E-state index in [0.717, 1.165) is 4.57 Å². The Morgan fingerprint density at radius 1 is 1.05 bits per heavy atom. The maximum absolute atomic E-state index is 12.2. The molecule has 5 unspecified atom stereocenters. The minimum absolute atomic E-state index is 0.443. The van der Waals surface area contributed by atoms with Crippen LogP contribution in [-0.4, -0.2) is 65.7 Å². The maximum atomic E-state index is 12.2. The van der Waals surface area contributed by atoms with Crippen LogP contribution >= 0.6 is 0 Å². The Morgan fingerprint density at radius 3 is 2.18 bits per heavy atom. The molecule has 0 amide bonds. The van der Waals surface area contributed by atoms with Gasteiger partial charge in [0.15, 0.2) is 0 Å². The smallest absolute Gasteiger partial charge is 0.333 e. The number of hydrogen-bond donors (Lipinski definition) is 5. The lowest BCUT2D eigenvalue weighted by atomic mass is 9.92. The van der Waals surface area contributed by atoms with Crippen LogP contribution in [0.1, 0.15) is 11.7 Å². The Balaban J connectivity index is 2.61. The first kappa shape index (κ1) is 16.6. The van der Waals surface area contributed by atoms with E-state index in [1.165, 1.54) is 14.1 Å². The van der Waals surface area contributed by atoms with Crippen molar-refractivity contribution in [3.8, 4) is 5.88 Å². The van der Waals surface area contributed by atoms with Crippen molar-refractivity contribution in [1.82, 2.24) is 9.13 Å². The zero-order chi connectivity index (χ0) is 16.8. The normalized spacial score (nSPS) is 32.2. The number of ether oxygens (including phenoxy) is 1. The van der Waals surface area contributed by atoms with Gasteiger partial charge in [-0.1, -0.05) is 0 Å². The Labute approximate surface area is 124 Å². The highest BCUT2D eigenvalue weighted by Crippen LogP contribution is 2.33. The number of aliphatic hydroxyl groups excluding tert-OH is 4. The second kappa shape index (κ2) is 5.82. The van der Waals surface area contributed by atoms with Crippen molar-refractivity contribution in [2.24, 2.45) is 14.1 Å². The quantitative estimate of drug-likeness (QED) is 0.373. The molecule has 5 N–H and O–H groups in total. The average Bonchev–Trinajstić information content (AvgIpc) is 2.51. The lowest BCUT2D eigenvalue weighted by Gasteiger charge is -2.40. The molecule has 0 saturated carbocycles. The summed E-state index contributed by atoms with van der Waals surface area (Å²) in [6.45, 7) is -0.672. The molecule has 0 bridgehead atoms. The van der Waals surface area contributed by atoms with Crippen LogP contribution in [0.4, 0.5) is 0 Å². The molecule has 1 aromatic rings. The van der Waals surface area contributed by atoms with Gasteiger partial charge in [-0.3, -0.25) is 13.9 Å². The molecule has 0 aromatic carbocycles. The van der Waals surface area contributed by atoms with E-state index in [-0.39, 0.29) is 0 Å². The summed E-state index contributed by atoms with van der Waals surface area (Å²) in [4.78, 5) is 23.9. The molecular formula is C12H18N2O8. The summed E-state index contributed by atoms with van der Waals surface area (Å²) in [5.74, 6) is -0.725. The average molecular weight is 318 g/mol. The standard InChI is InChI=1S/C12H18N2O8/c1-13-10(19)5(11(20)14(2)12(13)21)9-8(18)7(17)6(16)4(3-15)22-9/h4,6-9,15-19H,3H2,1-2H3. The van der Waals surface area contributed by atoms with Crippen LogP contribution in [0, 0.1) is 0 Å². The number of aliphatic hydroxyl groups is 4. The molecule has 1 aliphatic rings. The maximum Gasteiger partial charge on any atom is 0.333 e. The van der Waals surface area contributed by atoms with Crippen LogP contribution < -0.4 is 11.2 Å². The van der Waals surface area contributed by atoms with Gasteiger partial charge in [-0.2, -0.15) is 0 Å². The number of aromatic nitrogens is 2. The van der Waals surface area contributed by atoms with Crippen LogP contribution in [0.2, 0.25) is 0 Å². The molecule has 124 valence electrons. The Bertz CT molecular complexity index is 679. The van der Waals surface area contributed by atoms with Gasteiger partial charge in [0.25, 0.3) is 5.56 Å². The topological polar surface area (TPSA) is 154 Å². The zero-order valence-electron chi connectivity index (χ0n) is 11.9. The molecule has 1 aliphatic heterocycles. The molecule has 22 heavy (non-hydrogen) atoms. The minimum atomic E-state index is -1.73. The molecule has 10 nitrogen and oxygen atoms in total. The molecule has 0 aliphatic carbocycles. The zero-order valence-corrected chi connectivity index (χ0v) is 11.9. The summed E-state index contributed by atoms with van der Waals surface area (Å²) in [5.41, 5.74) is -2.14. The van der Waals surface area contributed by atoms with Crippen molar-refractivity contribution in [2.75, 3.05) is 6.61 Å². The number of rotatable bonds is 2. The highest BCUT2D eigenvalue weighted by molar-refractivity contribution is 5.27. The van der Waals surface area contributed by atoms with Crippen molar-refractivity contribution >= 4 is 0 Å². The third-order valence-corrected chi connectivity index (χ3v) is 3.84. The molecule has 2 rings (SSSR count). The van der Waals surface area contributed by atoms with E-state index in [4.69, 9.17) is 9.84 Å². The fraction of sp³-hybridized carbons (Fsp3) is 0.667. The Morgan fingerprint density at radius 2 is 1.64 bits per heavy atom. The van der Waals surface area contributed by atoms with Gasteiger partial charge < -0.3 is 30.3 Å². The fourth-order valence-corrected chi connectivity index (χ4v) is 2.45. The summed E-state index contributed by atoms with van der Waals surface area (Å²) in [6, 6.07) is 0. The van der Waals surface area contributed by atoms with Crippen molar-refractivity contribution in [3.63, 3.8) is 0 Å². The summed E-state index contributed by atoms with van der Waals surface area (Å²) in [5, 5.41) is 48.6. The van der Waals surface area contributed by atoms with E-state index in [2.05, 4.69) is 0 Å². The Hall–Kier alpha value is -1.72. The van der Waals surface area contributed by atoms with Crippen molar-refractivity contribution in [1.29, 1.82) is 0 Å². The second-order valence-corrected chi connectivity index (χ2v) is 5.19. The Kier molecular flexibility index (Phi) is 4.40. The molecule has 10 heteroatoms. The van der Waals surface area contributed by atoms with Crippen LogP contribution in [0.5, 0.6) is 5.88 Å². The van der Waals surface area contributed by atoms with Crippen LogP contribution in [0.3, 0.4) is 0 Å². The van der Waals surface area contributed by atoms with Crippen molar-refractivity contribution < 1.29 is 30.3 Å². The molecule has 0 radical (unpaired) electrons. The monoisotopic (exact) mass is 318 g/mol. The SMILES string of the molecule is Cn1c(O)c(C2OC(CO)C(O)C(O)C2O)c(=O)n(C)c1=O. The first-order valence-electron chi connectivity index (χ1n) is 6.51. The predicted molar refractivity (Wildman–Crippen MR) is 71.3 cm³/mol. The second-order valence-electron chi connectivity index (χ2n) is 5.19. The fourth-order valence-electron chi connectivity index (χ4n) is 2.45. The first-order valence-corrected chi connectivity index (χ1v) is 6.51. The predicted octanol–water partition coefficient (Wildman–Crippen LogP) is -3.70. The summed E-state index contributed by atoms with van der Waals surface area (Å²) < 4.78 is 6.71. The first-order chi connectivity index (χ1) is 10.2. The third-order valence-electron chi connectivity index (χ3n) is 3.84. The summed E-state index contributed by atoms with van der Waals surface area (Å²) >= 11 is 0. The van der Waals surface area contributed by atoms with Crippen LogP contribution in [-0.2, 0) is 18.8 Å². The van der Waals surface area contributed by atoms with Crippen LogP contribution in [0.15, 0.2) is 9.59 Å². The number of nitrogens with zero attached hydrogens (tertiary/aromatic N) is 2. The molecule has 1 aromatic heterocycles. The lowest BCUT2D eigenvalue weighted by Crippen LogP contribution is -2.56. The lowest BCUT2D eigenvalue weighted by molar-refractivity contribution is -0.232.